The zero-order valence-corrected chi connectivity index (χ0v) is 12.3. The number of hydrogen-bond donors (Lipinski definition) is 2. The largest absolute Gasteiger partial charge is 0.444 e. The number of hydrogen-bond acceptors (Lipinski definition) is 3. The van der Waals surface area contributed by atoms with Crippen LogP contribution >= 0.6 is 0 Å². The van der Waals surface area contributed by atoms with E-state index < -0.39 is 11.7 Å². The van der Waals surface area contributed by atoms with E-state index in [1.54, 1.807) is 45.2 Å². The lowest BCUT2D eigenvalue weighted by molar-refractivity contribution is 0.0636. The van der Waals surface area contributed by atoms with Gasteiger partial charge in [0.15, 0.2) is 5.43 Å². The van der Waals surface area contributed by atoms with Crippen LogP contribution in [0.1, 0.15) is 20.8 Å². The van der Waals surface area contributed by atoms with Gasteiger partial charge >= 0.3 is 6.09 Å². The molecule has 110 valence electrons. The summed E-state index contributed by atoms with van der Waals surface area (Å²) in [5, 5.41) is 2.67. The standard InChI is InChI=1S/C16H18N2O3/c1-16(2,3)21-15(20)18-12-6-4-5-11(9-12)14-10-13(19)7-8-17-14/h4-10H,1-3H3,(H,17,19)(H,18,20). The van der Waals surface area contributed by atoms with Crippen molar-refractivity contribution in [3.63, 3.8) is 0 Å². The van der Waals surface area contributed by atoms with Gasteiger partial charge < -0.3 is 9.72 Å². The van der Waals surface area contributed by atoms with Crippen LogP contribution < -0.4 is 10.7 Å². The van der Waals surface area contributed by atoms with Gasteiger partial charge in [0.05, 0.1) is 0 Å². The van der Waals surface area contributed by atoms with Crippen molar-refractivity contribution < 1.29 is 9.53 Å². The summed E-state index contributed by atoms with van der Waals surface area (Å²) in [6, 6.07) is 10.1. The van der Waals surface area contributed by atoms with Crippen LogP contribution in [-0.2, 0) is 4.74 Å². The summed E-state index contributed by atoms with van der Waals surface area (Å²) in [7, 11) is 0. The Bertz CT molecular complexity index is 699. The van der Waals surface area contributed by atoms with Gasteiger partial charge in [-0.2, -0.15) is 0 Å². The highest BCUT2D eigenvalue weighted by Crippen LogP contribution is 2.20. The van der Waals surface area contributed by atoms with Crippen molar-refractivity contribution in [1.29, 1.82) is 0 Å². The summed E-state index contributed by atoms with van der Waals surface area (Å²) >= 11 is 0. The molecule has 1 aromatic heterocycles. The average molecular weight is 286 g/mol. The third kappa shape index (κ3) is 4.49. The molecule has 5 nitrogen and oxygen atoms in total. The molecule has 2 aromatic rings. The van der Waals surface area contributed by atoms with Gasteiger partial charge in [-0.05, 0) is 32.9 Å². The average Bonchev–Trinajstić information content (AvgIpc) is 2.36. The molecule has 0 fully saturated rings. The zero-order chi connectivity index (χ0) is 15.5. The summed E-state index contributed by atoms with van der Waals surface area (Å²) in [4.78, 5) is 26.1. The minimum atomic E-state index is -0.549. The maximum Gasteiger partial charge on any atom is 0.412 e. The molecule has 0 unspecified atom stereocenters. The lowest BCUT2D eigenvalue weighted by atomic mass is 10.1. The molecule has 0 radical (unpaired) electrons. The first-order chi connectivity index (χ1) is 9.83. The molecule has 0 spiro atoms. The fourth-order valence-corrected chi connectivity index (χ4v) is 1.80. The van der Waals surface area contributed by atoms with Crippen molar-refractivity contribution in [3.05, 3.63) is 52.8 Å². The summed E-state index contributed by atoms with van der Waals surface area (Å²) in [6.07, 6.45) is 1.08. The molecule has 0 aliphatic heterocycles. The van der Waals surface area contributed by atoms with Gasteiger partial charge in [-0.1, -0.05) is 12.1 Å². The molecule has 0 aliphatic rings. The van der Waals surface area contributed by atoms with Gasteiger partial charge in [-0.25, -0.2) is 4.79 Å². The summed E-state index contributed by atoms with van der Waals surface area (Å²) in [5.74, 6) is 0. The Balaban J connectivity index is 2.19. The molecule has 0 aliphatic carbocycles. The Kier molecular flexibility index (Phi) is 4.12. The SMILES string of the molecule is CC(C)(C)OC(=O)Nc1cccc(-c2cc(=O)cc[nH]2)c1. The Morgan fingerprint density at radius 2 is 1.95 bits per heavy atom. The number of amides is 1. The molecule has 0 bridgehead atoms. The van der Waals surface area contributed by atoms with E-state index in [0.29, 0.717) is 11.4 Å². The normalized spacial score (nSPS) is 11.0. The Morgan fingerprint density at radius 3 is 2.62 bits per heavy atom. The van der Waals surface area contributed by atoms with E-state index in [0.717, 1.165) is 5.56 Å². The van der Waals surface area contributed by atoms with E-state index in [4.69, 9.17) is 4.74 Å². The summed E-state index contributed by atoms with van der Waals surface area (Å²) < 4.78 is 5.20. The van der Waals surface area contributed by atoms with Crippen molar-refractivity contribution in [2.24, 2.45) is 0 Å². The maximum atomic E-state index is 11.7. The van der Waals surface area contributed by atoms with E-state index >= 15 is 0 Å². The number of H-pyrrole nitrogens is 1. The molecule has 21 heavy (non-hydrogen) atoms. The number of aromatic amines is 1. The van der Waals surface area contributed by atoms with Crippen LogP contribution in [0.2, 0.25) is 0 Å². The quantitative estimate of drug-likeness (QED) is 0.889. The van der Waals surface area contributed by atoms with Crippen LogP contribution in [0.4, 0.5) is 10.5 Å². The van der Waals surface area contributed by atoms with E-state index in [-0.39, 0.29) is 5.43 Å². The van der Waals surface area contributed by atoms with E-state index in [1.807, 2.05) is 6.07 Å². The van der Waals surface area contributed by atoms with E-state index in [9.17, 15) is 9.59 Å². The molecule has 5 heteroatoms. The second kappa shape index (κ2) is 5.83. The minimum absolute atomic E-state index is 0.0748. The van der Waals surface area contributed by atoms with Crippen molar-refractivity contribution in [2.75, 3.05) is 5.32 Å². The van der Waals surface area contributed by atoms with Gasteiger partial charge in [-0.3, -0.25) is 10.1 Å². The van der Waals surface area contributed by atoms with Crippen molar-refractivity contribution >= 4 is 11.8 Å². The Hall–Kier alpha value is -2.56. The zero-order valence-electron chi connectivity index (χ0n) is 12.3. The minimum Gasteiger partial charge on any atom is -0.444 e. The molecule has 0 saturated heterocycles. The van der Waals surface area contributed by atoms with Crippen LogP contribution in [-0.4, -0.2) is 16.7 Å². The highest BCUT2D eigenvalue weighted by molar-refractivity contribution is 5.86. The molecule has 2 rings (SSSR count). The molecule has 0 atom stereocenters. The fourth-order valence-electron chi connectivity index (χ4n) is 1.80. The van der Waals surface area contributed by atoms with Gasteiger partial charge in [0.25, 0.3) is 0 Å². The van der Waals surface area contributed by atoms with E-state index in [2.05, 4.69) is 10.3 Å². The lowest BCUT2D eigenvalue weighted by Gasteiger charge is -2.19. The fraction of sp³-hybridized carbons (Fsp3) is 0.250. The summed E-state index contributed by atoms with van der Waals surface area (Å²) in [6.45, 7) is 5.41. The Labute approximate surface area is 123 Å². The number of aromatic nitrogens is 1. The second-order valence-corrected chi connectivity index (χ2v) is 5.65. The second-order valence-electron chi connectivity index (χ2n) is 5.65. The van der Waals surface area contributed by atoms with Gasteiger partial charge in [-0.15, -0.1) is 0 Å². The van der Waals surface area contributed by atoms with Gasteiger partial charge in [0.2, 0.25) is 0 Å². The first kappa shape index (κ1) is 14.8. The molecule has 2 N–H and O–H groups in total. The highest BCUT2D eigenvalue weighted by Gasteiger charge is 2.16. The molecule has 1 aromatic carbocycles. The lowest BCUT2D eigenvalue weighted by Crippen LogP contribution is -2.27. The predicted molar refractivity (Wildman–Crippen MR) is 82.4 cm³/mol. The van der Waals surface area contributed by atoms with Gasteiger partial charge in [0.1, 0.15) is 5.60 Å². The molecule has 1 amide bonds. The van der Waals surface area contributed by atoms with Crippen molar-refractivity contribution in [3.8, 4) is 11.3 Å². The molecule has 0 saturated carbocycles. The van der Waals surface area contributed by atoms with Crippen molar-refractivity contribution in [2.45, 2.75) is 26.4 Å². The van der Waals surface area contributed by atoms with Gasteiger partial charge in [0, 0.05) is 35.3 Å². The number of rotatable bonds is 2. The van der Waals surface area contributed by atoms with Crippen molar-refractivity contribution in [1.82, 2.24) is 4.98 Å². The van der Waals surface area contributed by atoms with Crippen LogP contribution in [0, 0.1) is 0 Å². The number of benzene rings is 1. The number of carbonyl (C=O) groups excluding carboxylic acids is 1. The van der Waals surface area contributed by atoms with Crippen LogP contribution in [0.3, 0.4) is 0 Å². The monoisotopic (exact) mass is 286 g/mol. The topological polar surface area (TPSA) is 71.2 Å². The maximum absolute atomic E-state index is 11.7. The van der Waals surface area contributed by atoms with E-state index in [1.165, 1.54) is 12.1 Å². The highest BCUT2D eigenvalue weighted by atomic mass is 16.6. The number of carbonyl (C=O) groups is 1. The third-order valence-electron chi connectivity index (χ3n) is 2.59. The predicted octanol–water partition coefficient (Wildman–Crippen LogP) is 3.39. The summed E-state index contributed by atoms with van der Waals surface area (Å²) in [5.41, 5.74) is 1.48. The molecular weight excluding hydrogens is 268 g/mol. The van der Waals surface area contributed by atoms with Crippen LogP contribution in [0.15, 0.2) is 47.4 Å². The van der Waals surface area contributed by atoms with Crippen LogP contribution in [0.25, 0.3) is 11.3 Å². The first-order valence-electron chi connectivity index (χ1n) is 6.63. The number of nitrogens with one attached hydrogen (secondary N) is 2. The number of pyridine rings is 1. The first-order valence-corrected chi connectivity index (χ1v) is 6.63. The third-order valence-corrected chi connectivity index (χ3v) is 2.59. The number of ether oxygens (including phenoxy) is 1. The van der Waals surface area contributed by atoms with Crippen LogP contribution in [0.5, 0.6) is 0 Å². The number of anilines is 1. The molecular formula is C16H18N2O3. The smallest absolute Gasteiger partial charge is 0.412 e. The molecule has 1 heterocycles. The Morgan fingerprint density at radius 1 is 1.19 bits per heavy atom.